The molecule has 0 saturated carbocycles. The summed E-state index contributed by atoms with van der Waals surface area (Å²) in [6, 6.07) is 0.139. The summed E-state index contributed by atoms with van der Waals surface area (Å²) in [4.78, 5) is 11.5. The van der Waals surface area contributed by atoms with E-state index < -0.39 is 0 Å². The third-order valence-corrected chi connectivity index (χ3v) is 2.53. The summed E-state index contributed by atoms with van der Waals surface area (Å²) >= 11 is 0. The van der Waals surface area contributed by atoms with E-state index in [1.807, 2.05) is 0 Å². The Morgan fingerprint density at radius 2 is 2.19 bits per heavy atom. The van der Waals surface area contributed by atoms with E-state index >= 15 is 0 Å². The molecule has 0 bridgehead atoms. The first-order valence-electron chi connectivity index (χ1n) is 6.17. The molecule has 3 N–H and O–H groups in total. The zero-order valence-corrected chi connectivity index (χ0v) is 10.3. The molecule has 0 aromatic heterocycles. The first kappa shape index (κ1) is 15.0. The zero-order chi connectivity index (χ0) is 12.2. The van der Waals surface area contributed by atoms with Crippen LogP contribution in [-0.4, -0.2) is 18.5 Å². The van der Waals surface area contributed by atoms with Gasteiger partial charge in [0.2, 0.25) is 5.91 Å². The molecule has 16 heavy (non-hydrogen) atoms. The Bertz CT molecular complexity index is 220. The highest BCUT2D eigenvalue weighted by Crippen LogP contribution is 2.02. The molecule has 0 fully saturated rings. The molecular weight excluding hydrogens is 200 g/mol. The average Bonchev–Trinajstić information content (AvgIpc) is 2.30. The van der Waals surface area contributed by atoms with Gasteiger partial charge in [-0.25, -0.2) is 0 Å². The topological polar surface area (TPSA) is 55.1 Å². The van der Waals surface area contributed by atoms with Gasteiger partial charge in [0, 0.05) is 25.4 Å². The van der Waals surface area contributed by atoms with Crippen molar-refractivity contribution < 1.29 is 4.79 Å². The summed E-state index contributed by atoms with van der Waals surface area (Å²) in [6.07, 6.45) is 11.5. The molecule has 1 amide bonds. The van der Waals surface area contributed by atoms with E-state index in [2.05, 4.69) is 18.2 Å². The minimum Gasteiger partial charge on any atom is -0.352 e. The van der Waals surface area contributed by atoms with Crippen LogP contribution in [0.3, 0.4) is 0 Å². The van der Waals surface area contributed by atoms with Gasteiger partial charge in [-0.2, -0.15) is 0 Å². The molecule has 1 atom stereocenters. The Hall–Kier alpha value is -1.01. The summed E-state index contributed by atoms with van der Waals surface area (Å²) in [5.74, 6) is 2.67. The van der Waals surface area contributed by atoms with Crippen LogP contribution >= 0.6 is 0 Å². The van der Waals surface area contributed by atoms with E-state index in [-0.39, 0.29) is 11.9 Å². The molecule has 0 saturated heterocycles. The number of carbonyl (C=O) groups is 1. The highest BCUT2D eigenvalue weighted by atomic mass is 16.1. The van der Waals surface area contributed by atoms with Gasteiger partial charge in [0.05, 0.1) is 0 Å². The molecule has 92 valence electrons. The predicted octanol–water partition coefficient (Wildman–Crippen LogP) is 1.81. The second-order valence-corrected chi connectivity index (χ2v) is 4.05. The smallest absolute Gasteiger partial charge is 0.220 e. The summed E-state index contributed by atoms with van der Waals surface area (Å²) in [5, 5.41) is 2.96. The standard InChI is InChI=1S/C13H24N2O/c1-3-5-7-8-10-13(16)15-12(11-14)9-6-4-2/h1,12H,4-11,14H2,2H3,(H,15,16). The number of nitrogens with two attached hydrogens (primary N) is 1. The third-order valence-electron chi connectivity index (χ3n) is 2.53. The number of hydrogen-bond donors (Lipinski definition) is 2. The first-order chi connectivity index (χ1) is 7.74. The monoisotopic (exact) mass is 224 g/mol. The second kappa shape index (κ2) is 10.5. The van der Waals surface area contributed by atoms with Gasteiger partial charge < -0.3 is 11.1 Å². The van der Waals surface area contributed by atoms with Gasteiger partial charge in [-0.15, -0.1) is 12.3 Å². The fourth-order valence-electron chi connectivity index (χ4n) is 1.51. The minimum absolute atomic E-state index is 0.101. The predicted molar refractivity (Wildman–Crippen MR) is 67.8 cm³/mol. The summed E-state index contributed by atoms with van der Waals surface area (Å²) < 4.78 is 0. The molecule has 0 spiro atoms. The summed E-state index contributed by atoms with van der Waals surface area (Å²) in [7, 11) is 0. The Morgan fingerprint density at radius 1 is 1.44 bits per heavy atom. The lowest BCUT2D eigenvalue weighted by Crippen LogP contribution is -2.40. The molecular formula is C13H24N2O. The molecule has 0 rings (SSSR count). The van der Waals surface area contributed by atoms with Crippen molar-refractivity contribution in [2.24, 2.45) is 5.73 Å². The summed E-state index contributed by atoms with van der Waals surface area (Å²) in [5.41, 5.74) is 5.60. The molecule has 0 aliphatic carbocycles. The number of amides is 1. The highest BCUT2D eigenvalue weighted by molar-refractivity contribution is 5.76. The Labute approximate surface area is 99.2 Å². The number of carbonyl (C=O) groups excluding carboxylic acids is 1. The van der Waals surface area contributed by atoms with Gasteiger partial charge in [0.15, 0.2) is 0 Å². The lowest BCUT2D eigenvalue weighted by molar-refractivity contribution is -0.121. The average molecular weight is 224 g/mol. The fourth-order valence-corrected chi connectivity index (χ4v) is 1.51. The van der Waals surface area contributed by atoms with Crippen LogP contribution in [0.15, 0.2) is 0 Å². The minimum atomic E-state index is 0.101. The number of rotatable bonds is 9. The first-order valence-corrected chi connectivity index (χ1v) is 6.17. The molecule has 1 unspecified atom stereocenters. The van der Waals surface area contributed by atoms with E-state index in [0.29, 0.717) is 13.0 Å². The zero-order valence-electron chi connectivity index (χ0n) is 10.3. The molecule has 0 aliphatic rings. The molecule has 0 aromatic rings. The maximum Gasteiger partial charge on any atom is 0.220 e. The van der Waals surface area contributed by atoms with Crippen molar-refractivity contribution in [1.82, 2.24) is 5.32 Å². The van der Waals surface area contributed by atoms with Crippen LogP contribution in [0.4, 0.5) is 0 Å². The Balaban J connectivity index is 3.62. The van der Waals surface area contributed by atoms with E-state index in [1.54, 1.807) is 0 Å². The number of hydrogen-bond acceptors (Lipinski definition) is 2. The molecule has 3 heteroatoms. The van der Waals surface area contributed by atoms with Crippen molar-refractivity contribution in [2.75, 3.05) is 6.54 Å². The molecule has 0 radical (unpaired) electrons. The number of unbranched alkanes of at least 4 members (excludes halogenated alkanes) is 3. The SMILES string of the molecule is C#CCCCCC(=O)NC(CN)CCCC. The van der Waals surface area contributed by atoms with Crippen LogP contribution in [-0.2, 0) is 4.79 Å². The van der Waals surface area contributed by atoms with Crippen LogP contribution in [0, 0.1) is 12.3 Å². The van der Waals surface area contributed by atoms with Crippen LogP contribution in [0.1, 0.15) is 51.9 Å². The van der Waals surface area contributed by atoms with Crippen molar-refractivity contribution >= 4 is 5.91 Å². The van der Waals surface area contributed by atoms with Crippen molar-refractivity contribution in [3.63, 3.8) is 0 Å². The van der Waals surface area contributed by atoms with Crippen molar-refractivity contribution in [3.05, 3.63) is 0 Å². The highest BCUT2D eigenvalue weighted by Gasteiger charge is 2.09. The normalized spacial score (nSPS) is 11.8. The largest absolute Gasteiger partial charge is 0.352 e. The molecule has 3 nitrogen and oxygen atoms in total. The third kappa shape index (κ3) is 8.31. The molecule has 0 aromatic carbocycles. The van der Waals surface area contributed by atoms with Crippen LogP contribution in [0.2, 0.25) is 0 Å². The Morgan fingerprint density at radius 3 is 2.75 bits per heavy atom. The van der Waals surface area contributed by atoms with Crippen molar-refractivity contribution in [2.45, 2.75) is 57.9 Å². The maximum atomic E-state index is 11.5. The quantitative estimate of drug-likeness (QED) is 0.463. The Kier molecular flexibility index (Phi) is 9.84. The lowest BCUT2D eigenvalue weighted by Gasteiger charge is -2.16. The van der Waals surface area contributed by atoms with Crippen LogP contribution < -0.4 is 11.1 Å². The van der Waals surface area contributed by atoms with Gasteiger partial charge in [-0.05, 0) is 19.3 Å². The van der Waals surface area contributed by atoms with Gasteiger partial charge in [0.25, 0.3) is 0 Å². The van der Waals surface area contributed by atoms with Gasteiger partial charge in [-0.1, -0.05) is 19.8 Å². The number of nitrogens with one attached hydrogen (secondary N) is 1. The number of terminal acetylenes is 1. The van der Waals surface area contributed by atoms with Gasteiger partial charge >= 0.3 is 0 Å². The van der Waals surface area contributed by atoms with Gasteiger partial charge in [-0.3, -0.25) is 4.79 Å². The molecule has 0 heterocycles. The van der Waals surface area contributed by atoms with Gasteiger partial charge in [0.1, 0.15) is 0 Å². The summed E-state index contributed by atoms with van der Waals surface area (Å²) in [6.45, 7) is 2.66. The van der Waals surface area contributed by atoms with Crippen LogP contribution in [0.25, 0.3) is 0 Å². The van der Waals surface area contributed by atoms with Crippen molar-refractivity contribution in [3.8, 4) is 12.3 Å². The van der Waals surface area contributed by atoms with E-state index in [9.17, 15) is 4.79 Å². The van der Waals surface area contributed by atoms with E-state index in [4.69, 9.17) is 12.2 Å². The van der Waals surface area contributed by atoms with Crippen molar-refractivity contribution in [1.29, 1.82) is 0 Å². The van der Waals surface area contributed by atoms with Crippen LogP contribution in [0.5, 0.6) is 0 Å². The fraction of sp³-hybridized carbons (Fsp3) is 0.769. The second-order valence-electron chi connectivity index (χ2n) is 4.05. The van der Waals surface area contributed by atoms with E-state index in [0.717, 1.165) is 38.5 Å². The molecule has 0 aliphatic heterocycles. The van der Waals surface area contributed by atoms with E-state index in [1.165, 1.54) is 0 Å². The lowest BCUT2D eigenvalue weighted by atomic mass is 10.1. The maximum absolute atomic E-state index is 11.5.